The van der Waals surface area contributed by atoms with E-state index in [2.05, 4.69) is 0 Å². The second kappa shape index (κ2) is 16.9. The van der Waals surface area contributed by atoms with Crippen molar-refractivity contribution in [1.29, 1.82) is 0 Å². The first-order chi connectivity index (χ1) is 0. The Balaban J connectivity index is 0. The first kappa shape index (κ1) is 28.7. The van der Waals surface area contributed by atoms with Crippen LogP contribution in [0.25, 0.3) is 0 Å². The molecular weight excluding hydrogens is 381 g/mol. The van der Waals surface area contributed by atoms with Gasteiger partial charge < -0.3 is 18.0 Å². The quantitative estimate of drug-likeness (QED) is 0.386. The van der Waals surface area contributed by atoms with E-state index >= 15 is 0 Å². The topological polar surface area (TPSA) is 0 Å². The van der Waals surface area contributed by atoms with E-state index in [1.807, 2.05) is 0 Å². The van der Waals surface area contributed by atoms with Gasteiger partial charge in [0.1, 0.15) is 0 Å². The molecule has 0 amide bonds. The van der Waals surface area contributed by atoms with Crippen molar-refractivity contribution in [2.45, 2.75) is 0 Å². The molecule has 0 aromatic rings. The first-order valence-corrected chi connectivity index (χ1v) is 0. The molecule has 0 saturated carbocycles. The van der Waals surface area contributed by atoms with Crippen LogP contribution in [0.4, 0.5) is 0 Å². The maximum absolute atomic E-state index is 0. The second-order valence-corrected chi connectivity index (χ2v) is 0. The van der Waals surface area contributed by atoms with E-state index in [0.717, 1.165) is 0 Å². The van der Waals surface area contributed by atoms with E-state index in [9.17, 15) is 0 Å². The van der Waals surface area contributed by atoms with Crippen molar-refractivity contribution in [2.24, 2.45) is 0 Å². The molecule has 0 aliphatic carbocycles. The van der Waals surface area contributed by atoms with Gasteiger partial charge in [0.15, 0.2) is 0 Å². The molecule has 4 heteroatoms. The molecular formula is H6AsGaInSb. The van der Waals surface area contributed by atoms with Crippen molar-refractivity contribution in [3.8, 4) is 0 Å². The van der Waals surface area contributed by atoms with Crippen LogP contribution in [0.2, 0.25) is 0 Å². The molecule has 0 fully saturated rings. The SMILES string of the molecule is [As-3].[Ga+3].[In+3].[SbH6-3]. The van der Waals surface area contributed by atoms with Gasteiger partial charge >= 0.3 is 70.1 Å². The van der Waals surface area contributed by atoms with Gasteiger partial charge in [0, 0.05) is 0 Å². The summed E-state index contributed by atoms with van der Waals surface area (Å²) in [5.74, 6) is 0. The molecule has 0 heterocycles. The summed E-state index contributed by atoms with van der Waals surface area (Å²) >= 11 is 0. The summed E-state index contributed by atoms with van der Waals surface area (Å²) in [6, 6.07) is 0. The van der Waals surface area contributed by atoms with Crippen LogP contribution in [-0.4, -0.2) is 88.0 Å². The molecule has 4 heavy (non-hydrogen) atoms. The predicted octanol–water partition coefficient (Wildman–Crippen LogP) is -3.13. The molecule has 0 rings (SSSR count). The van der Waals surface area contributed by atoms with Crippen molar-refractivity contribution in [1.82, 2.24) is 0 Å². The first-order valence-electron chi connectivity index (χ1n) is 0. The minimum absolute atomic E-state index is 0. The summed E-state index contributed by atoms with van der Waals surface area (Å²) in [6.45, 7) is 0. The summed E-state index contributed by atoms with van der Waals surface area (Å²) in [7, 11) is 0. The van der Waals surface area contributed by atoms with Gasteiger partial charge in [-0.15, -0.1) is 0 Å². The van der Waals surface area contributed by atoms with Gasteiger partial charge in [-0.2, -0.15) is 0 Å². The Morgan fingerprint density at radius 2 is 1.00 bits per heavy atom. The standard InChI is InChI=1S/As.Ga.In.Sb.6H/q-3;2*+3;-3;;;;;;. The van der Waals surface area contributed by atoms with Crippen LogP contribution in [0.15, 0.2) is 0 Å². The summed E-state index contributed by atoms with van der Waals surface area (Å²) in [5, 5.41) is 0. The molecule has 0 aromatic heterocycles. The fourth-order valence-electron chi connectivity index (χ4n) is 0. The Hall–Kier alpha value is 2.88. The van der Waals surface area contributed by atoms with E-state index in [1.54, 1.807) is 0 Å². The van der Waals surface area contributed by atoms with E-state index in [-0.39, 0.29) is 88.0 Å². The molecule has 0 bridgehead atoms. The molecule has 0 aliphatic heterocycles. The van der Waals surface area contributed by atoms with Crippen LogP contribution in [0.1, 0.15) is 0 Å². The van der Waals surface area contributed by atoms with Gasteiger partial charge in [0.05, 0.1) is 0 Å². The summed E-state index contributed by atoms with van der Waals surface area (Å²) in [6.07, 6.45) is 0. The molecule has 0 nitrogen and oxygen atoms in total. The van der Waals surface area contributed by atoms with Crippen LogP contribution in [0, 0.1) is 0 Å². The van der Waals surface area contributed by atoms with Crippen molar-refractivity contribution in [3.63, 3.8) is 0 Å². The molecule has 0 N–H and O–H groups in total. The number of hydrogen-bond acceptors (Lipinski definition) is 0. The predicted molar refractivity (Wildman–Crippen MR) is 31.4 cm³/mol. The van der Waals surface area contributed by atoms with Gasteiger partial charge in [0.2, 0.25) is 0 Å². The molecule has 22 valence electrons. The van der Waals surface area contributed by atoms with E-state index < -0.39 is 0 Å². The van der Waals surface area contributed by atoms with Gasteiger partial charge in [0.25, 0.3) is 0 Å². The third-order valence-electron chi connectivity index (χ3n) is 0. The Morgan fingerprint density at radius 1 is 1.00 bits per heavy atom. The van der Waals surface area contributed by atoms with Crippen LogP contribution < -0.4 is 0 Å². The van der Waals surface area contributed by atoms with Crippen LogP contribution in [0.5, 0.6) is 0 Å². The zero-order chi connectivity index (χ0) is 0. The third kappa shape index (κ3) is 8.86. The molecule has 0 radical (unpaired) electrons. The van der Waals surface area contributed by atoms with Gasteiger partial charge in [-0.1, -0.05) is 0 Å². The second-order valence-electron chi connectivity index (χ2n) is 0. The molecule has 0 aromatic carbocycles. The van der Waals surface area contributed by atoms with Crippen LogP contribution in [0.3, 0.4) is 0 Å². The minimum atomic E-state index is 0. The van der Waals surface area contributed by atoms with Gasteiger partial charge in [-0.25, -0.2) is 0 Å². The van der Waals surface area contributed by atoms with Crippen molar-refractivity contribution >= 4 is 88.0 Å². The normalized spacial score (nSPS) is 0. The molecule has 0 saturated heterocycles. The average Bonchev–Trinajstić information content (AvgIpc) is 0. The Bertz CT molecular complexity index is 8.00. The molecule has 0 aliphatic rings. The number of rotatable bonds is 0. The van der Waals surface area contributed by atoms with Crippen LogP contribution >= 0.6 is 0 Å². The Labute approximate surface area is 86.5 Å². The van der Waals surface area contributed by atoms with E-state index in [4.69, 9.17) is 0 Å². The Morgan fingerprint density at radius 3 is 1.00 bits per heavy atom. The number of hydrogen-bond donors (Lipinski definition) is 0. The van der Waals surface area contributed by atoms with E-state index in [0.29, 0.717) is 0 Å². The van der Waals surface area contributed by atoms with Crippen molar-refractivity contribution in [2.75, 3.05) is 0 Å². The summed E-state index contributed by atoms with van der Waals surface area (Å²) in [4.78, 5) is 0. The van der Waals surface area contributed by atoms with Gasteiger partial charge in [-0.05, 0) is 0 Å². The molecule has 0 atom stereocenters. The van der Waals surface area contributed by atoms with Crippen molar-refractivity contribution < 1.29 is 0 Å². The van der Waals surface area contributed by atoms with Crippen LogP contribution in [-0.2, 0) is 0 Å². The van der Waals surface area contributed by atoms with Gasteiger partial charge in [-0.3, -0.25) is 0 Å². The molecule has 0 unspecified atom stereocenters. The fourth-order valence-corrected chi connectivity index (χ4v) is 0. The fraction of sp³-hybridized carbons (Fsp3) is 0. The molecule has 0 spiro atoms. The third-order valence-corrected chi connectivity index (χ3v) is 0. The maximum atomic E-state index is 0. The van der Waals surface area contributed by atoms with Crippen molar-refractivity contribution in [3.05, 3.63) is 0 Å². The average molecular weight is 387 g/mol. The zero-order valence-corrected chi connectivity index (χ0v) is 9.20. The van der Waals surface area contributed by atoms with E-state index in [1.165, 1.54) is 0 Å². The summed E-state index contributed by atoms with van der Waals surface area (Å²) in [5.41, 5.74) is 0. The zero-order valence-electron chi connectivity index (χ0n) is 1.60. The monoisotopic (exact) mass is 386 g/mol. The Kier molecular flexibility index (Phi) is 121. The summed E-state index contributed by atoms with van der Waals surface area (Å²) < 4.78 is 0.